The Morgan fingerprint density at radius 3 is 2.43 bits per heavy atom. The topological polar surface area (TPSA) is 17.1 Å². The molecule has 0 aromatic rings. The second-order valence-corrected chi connectivity index (χ2v) is 2.65. The van der Waals surface area contributed by atoms with Gasteiger partial charge in [0.05, 0.1) is 4.83 Å². The Kier molecular flexibility index (Phi) is 3.66. The van der Waals surface area contributed by atoms with E-state index in [4.69, 9.17) is 11.6 Å². The number of hydrogen-bond donors (Lipinski definition) is 0. The Morgan fingerprint density at radius 2 is 2.43 bits per heavy atom. The molecular weight excluding hydrogens is 179 g/mol. The van der Waals surface area contributed by atoms with E-state index in [0.717, 1.165) is 0 Å². The summed E-state index contributed by atoms with van der Waals surface area (Å²) in [5.41, 5.74) is 0. The summed E-state index contributed by atoms with van der Waals surface area (Å²) < 4.78 is 0. The Balaban J connectivity index is 3.34. The van der Waals surface area contributed by atoms with Crippen molar-refractivity contribution in [2.24, 2.45) is 0 Å². The average molecular weight is 185 g/mol. The maximum atomic E-state index is 10.2. The molecule has 3 heteroatoms. The zero-order valence-electron chi connectivity index (χ0n) is 3.95. The number of Topliss-reactive ketones (excluding diaryl/α,β-unsaturated/α-hetero) is 1. The molecule has 0 saturated heterocycles. The molecule has 0 saturated carbocycles. The fourth-order valence-electron chi connectivity index (χ4n) is 0.109. The maximum Gasteiger partial charge on any atom is 0.144 e. The molecule has 0 fully saturated rings. The third-order valence-corrected chi connectivity index (χ3v) is 2.23. The molecule has 7 heavy (non-hydrogen) atoms. The minimum Gasteiger partial charge on any atom is -0.299 e. The van der Waals surface area contributed by atoms with Crippen LogP contribution in [-0.2, 0) is 4.79 Å². The van der Waals surface area contributed by atoms with E-state index in [2.05, 4.69) is 15.9 Å². The van der Waals surface area contributed by atoms with Crippen molar-refractivity contribution in [1.29, 1.82) is 0 Å². The number of carbonyl (C=O) groups is 1. The van der Waals surface area contributed by atoms with Gasteiger partial charge >= 0.3 is 0 Å². The van der Waals surface area contributed by atoms with Gasteiger partial charge in [-0.3, -0.25) is 4.79 Å². The van der Waals surface area contributed by atoms with Crippen molar-refractivity contribution in [3.05, 3.63) is 0 Å². The van der Waals surface area contributed by atoms with Crippen LogP contribution in [-0.4, -0.2) is 16.5 Å². The molecule has 0 spiro atoms. The first-order valence-electron chi connectivity index (χ1n) is 1.89. The fourth-order valence-corrected chi connectivity index (χ4v) is 0.326. The number of carbonyl (C=O) groups excluding carboxylic acids is 1. The fraction of sp³-hybridized carbons (Fsp3) is 0.750. The summed E-state index contributed by atoms with van der Waals surface area (Å²) in [5.74, 6) is 0.435. The predicted octanol–water partition coefficient (Wildman–Crippen LogP) is 1.58. The van der Waals surface area contributed by atoms with E-state index in [1.165, 1.54) is 6.92 Å². The molecule has 0 radical (unpaired) electrons. The van der Waals surface area contributed by atoms with E-state index in [-0.39, 0.29) is 10.6 Å². The summed E-state index contributed by atoms with van der Waals surface area (Å²) >= 11 is 8.34. The molecule has 0 rings (SSSR count). The lowest BCUT2D eigenvalue weighted by Crippen LogP contribution is -2.09. The average Bonchev–Trinajstić information content (AvgIpc) is 1.65. The Bertz CT molecular complexity index is 74.1. The summed E-state index contributed by atoms with van der Waals surface area (Å²) in [6.07, 6.45) is 0. The molecule has 42 valence electrons. The van der Waals surface area contributed by atoms with Gasteiger partial charge in [-0.25, -0.2) is 0 Å². The molecule has 1 nitrogen and oxygen atoms in total. The number of rotatable bonds is 2. The lowest BCUT2D eigenvalue weighted by atomic mass is 10.4. The molecule has 0 aliphatic rings. The van der Waals surface area contributed by atoms with Crippen molar-refractivity contribution < 1.29 is 4.79 Å². The smallest absolute Gasteiger partial charge is 0.144 e. The van der Waals surface area contributed by atoms with Crippen LogP contribution in [0.2, 0.25) is 0 Å². The largest absolute Gasteiger partial charge is 0.299 e. The van der Waals surface area contributed by atoms with Gasteiger partial charge in [0, 0.05) is 5.88 Å². The van der Waals surface area contributed by atoms with Crippen LogP contribution in [0, 0.1) is 0 Å². The zero-order valence-corrected chi connectivity index (χ0v) is 6.29. The summed E-state index contributed by atoms with van der Waals surface area (Å²) in [4.78, 5) is 10.1. The third-order valence-electron chi connectivity index (χ3n) is 0.577. The van der Waals surface area contributed by atoms with Crippen LogP contribution < -0.4 is 0 Å². The van der Waals surface area contributed by atoms with Crippen LogP contribution >= 0.6 is 27.5 Å². The molecule has 1 atom stereocenters. The lowest BCUT2D eigenvalue weighted by Gasteiger charge is -1.94. The highest BCUT2D eigenvalue weighted by Crippen LogP contribution is 2.01. The van der Waals surface area contributed by atoms with Crippen molar-refractivity contribution in [3.8, 4) is 0 Å². The SMILES string of the molecule is CC(=O)[C@@H](Br)CCl. The van der Waals surface area contributed by atoms with Crippen molar-refractivity contribution in [3.63, 3.8) is 0 Å². The van der Waals surface area contributed by atoms with E-state index in [1.807, 2.05) is 0 Å². The van der Waals surface area contributed by atoms with Crippen molar-refractivity contribution >= 4 is 33.3 Å². The number of alkyl halides is 2. The van der Waals surface area contributed by atoms with E-state index in [9.17, 15) is 4.79 Å². The summed E-state index contributed by atoms with van der Waals surface area (Å²) in [6.45, 7) is 1.50. The van der Waals surface area contributed by atoms with Crippen molar-refractivity contribution in [1.82, 2.24) is 0 Å². The molecule has 0 aliphatic carbocycles. The van der Waals surface area contributed by atoms with Gasteiger partial charge in [0.25, 0.3) is 0 Å². The molecule has 0 unspecified atom stereocenters. The van der Waals surface area contributed by atoms with Gasteiger partial charge in [0.1, 0.15) is 5.78 Å². The highest BCUT2D eigenvalue weighted by molar-refractivity contribution is 9.10. The Hall–Kier alpha value is 0.440. The highest BCUT2D eigenvalue weighted by Gasteiger charge is 2.05. The molecule has 0 N–H and O–H groups in total. The van der Waals surface area contributed by atoms with Crippen molar-refractivity contribution in [2.75, 3.05) is 5.88 Å². The van der Waals surface area contributed by atoms with Crippen molar-refractivity contribution in [2.45, 2.75) is 11.8 Å². The number of halogens is 2. The third kappa shape index (κ3) is 3.06. The van der Waals surface area contributed by atoms with Gasteiger partial charge in [-0.2, -0.15) is 0 Å². The van der Waals surface area contributed by atoms with Crippen LogP contribution in [0.25, 0.3) is 0 Å². The monoisotopic (exact) mass is 184 g/mol. The van der Waals surface area contributed by atoms with Gasteiger partial charge in [0.2, 0.25) is 0 Å². The van der Waals surface area contributed by atoms with Crippen LogP contribution in [0.3, 0.4) is 0 Å². The quantitative estimate of drug-likeness (QED) is 0.597. The minimum absolute atomic E-state index is 0.0787. The van der Waals surface area contributed by atoms with Crippen LogP contribution in [0.5, 0.6) is 0 Å². The molecule has 0 heterocycles. The van der Waals surface area contributed by atoms with E-state index < -0.39 is 0 Å². The number of ketones is 1. The zero-order chi connectivity index (χ0) is 5.86. The minimum atomic E-state index is -0.158. The molecule has 0 aromatic carbocycles. The van der Waals surface area contributed by atoms with Gasteiger partial charge in [-0.1, -0.05) is 15.9 Å². The molecule has 0 bridgehead atoms. The van der Waals surface area contributed by atoms with E-state index >= 15 is 0 Å². The van der Waals surface area contributed by atoms with Gasteiger partial charge < -0.3 is 0 Å². The van der Waals surface area contributed by atoms with Crippen LogP contribution in [0.1, 0.15) is 6.92 Å². The number of hydrogen-bond acceptors (Lipinski definition) is 1. The van der Waals surface area contributed by atoms with Gasteiger partial charge in [0.15, 0.2) is 0 Å². The normalized spacial score (nSPS) is 13.6. The first-order chi connectivity index (χ1) is 3.18. The summed E-state index contributed by atoms with van der Waals surface area (Å²) in [5, 5.41) is 0. The molecule has 0 aliphatic heterocycles. The first-order valence-corrected chi connectivity index (χ1v) is 3.34. The van der Waals surface area contributed by atoms with Crippen LogP contribution in [0.15, 0.2) is 0 Å². The predicted molar refractivity (Wildman–Crippen MR) is 34.1 cm³/mol. The van der Waals surface area contributed by atoms with Gasteiger partial charge in [-0.05, 0) is 6.92 Å². The van der Waals surface area contributed by atoms with E-state index in [1.54, 1.807) is 0 Å². The molecule has 0 aromatic heterocycles. The second-order valence-electron chi connectivity index (χ2n) is 1.23. The van der Waals surface area contributed by atoms with Crippen LogP contribution in [0.4, 0.5) is 0 Å². The maximum absolute atomic E-state index is 10.2. The van der Waals surface area contributed by atoms with E-state index in [0.29, 0.717) is 5.88 Å². The summed E-state index contributed by atoms with van der Waals surface area (Å²) in [6, 6.07) is 0. The highest BCUT2D eigenvalue weighted by atomic mass is 79.9. The van der Waals surface area contributed by atoms with Gasteiger partial charge in [-0.15, -0.1) is 11.6 Å². The second kappa shape index (κ2) is 3.44. The summed E-state index contributed by atoms with van der Waals surface area (Å²) in [7, 11) is 0. The lowest BCUT2D eigenvalue weighted by molar-refractivity contribution is -0.116. The molecule has 0 amide bonds. The first kappa shape index (κ1) is 7.44. The Morgan fingerprint density at radius 1 is 2.00 bits per heavy atom. The molecular formula is C4H6BrClO. The standard InChI is InChI=1S/C4H6BrClO/c1-3(7)4(5)2-6/h4H,2H2,1H3/t4-/m0/s1. The Labute approximate surface area is 56.2 Å².